The summed E-state index contributed by atoms with van der Waals surface area (Å²) in [6, 6.07) is 14.2. The summed E-state index contributed by atoms with van der Waals surface area (Å²) in [6.07, 6.45) is 1.39. The van der Waals surface area contributed by atoms with Gasteiger partial charge in [-0.2, -0.15) is 0 Å². The molecule has 6 nitrogen and oxygen atoms in total. The van der Waals surface area contributed by atoms with E-state index in [0.717, 1.165) is 6.07 Å². The topological polar surface area (TPSA) is 85.6 Å². The lowest BCUT2D eigenvalue weighted by molar-refractivity contribution is 0.0474. The summed E-state index contributed by atoms with van der Waals surface area (Å²) in [6.45, 7) is -0.501. The Bertz CT molecular complexity index is 964. The number of amides is 1. The number of hydrogen-bond acceptors (Lipinski definition) is 5. The average Bonchev–Trinajstić information content (AvgIpc) is 3.21. The van der Waals surface area contributed by atoms with Crippen LogP contribution in [0.1, 0.15) is 31.3 Å². The first kappa shape index (κ1) is 18.1. The number of anilines is 1. The van der Waals surface area contributed by atoms with E-state index < -0.39 is 30.1 Å². The minimum Gasteiger partial charge on any atom is -0.459 e. The number of esters is 1. The van der Waals surface area contributed by atoms with E-state index >= 15 is 0 Å². The van der Waals surface area contributed by atoms with Crippen molar-refractivity contribution in [2.24, 2.45) is 0 Å². The van der Waals surface area contributed by atoms with Gasteiger partial charge in [-0.15, -0.1) is 0 Å². The van der Waals surface area contributed by atoms with Gasteiger partial charge >= 0.3 is 5.97 Å². The van der Waals surface area contributed by atoms with Crippen molar-refractivity contribution in [3.05, 3.63) is 89.6 Å². The average molecular weight is 367 g/mol. The quantitative estimate of drug-likeness (QED) is 0.530. The predicted molar refractivity (Wildman–Crippen MR) is 94.1 cm³/mol. The Morgan fingerprint density at radius 1 is 0.963 bits per heavy atom. The summed E-state index contributed by atoms with van der Waals surface area (Å²) in [5.41, 5.74) is 0.792. The zero-order valence-electron chi connectivity index (χ0n) is 14.0. The van der Waals surface area contributed by atoms with Crippen molar-refractivity contribution in [2.75, 3.05) is 11.9 Å². The van der Waals surface area contributed by atoms with Crippen LogP contribution in [0.2, 0.25) is 0 Å². The van der Waals surface area contributed by atoms with Crippen LogP contribution < -0.4 is 5.32 Å². The number of hydrogen-bond donors (Lipinski definition) is 1. The van der Waals surface area contributed by atoms with Crippen molar-refractivity contribution in [1.82, 2.24) is 0 Å². The molecule has 0 radical (unpaired) electrons. The van der Waals surface area contributed by atoms with E-state index in [9.17, 15) is 18.8 Å². The molecule has 3 rings (SSSR count). The highest BCUT2D eigenvalue weighted by Gasteiger charge is 2.13. The zero-order valence-corrected chi connectivity index (χ0v) is 14.0. The molecule has 0 spiro atoms. The van der Waals surface area contributed by atoms with Crippen LogP contribution in [0.3, 0.4) is 0 Å². The molecule has 0 fully saturated rings. The summed E-state index contributed by atoms with van der Waals surface area (Å²) < 4.78 is 23.1. The first-order valence-electron chi connectivity index (χ1n) is 7.94. The number of rotatable bonds is 6. The first-order valence-corrected chi connectivity index (χ1v) is 7.94. The van der Waals surface area contributed by atoms with Crippen LogP contribution in [0.25, 0.3) is 0 Å². The van der Waals surface area contributed by atoms with E-state index in [-0.39, 0.29) is 16.9 Å². The summed E-state index contributed by atoms with van der Waals surface area (Å²) in [4.78, 5) is 35.8. The summed E-state index contributed by atoms with van der Waals surface area (Å²) >= 11 is 0. The van der Waals surface area contributed by atoms with Gasteiger partial charge in [0, 0.05) is 11.3 Å². The first-order chi connectivity index (χ1) is 13.0. The van der Waals surface area contributed by atoms with Crippen molar-refractivity contribution in [2.45, 2.75) is 0 Å². The van der Waals surface area contributed by atoms with E-state index in [1.54, 1.807) is 6.07 Å². The third-order valence-corrected chi connectivity index (χ3v) is 3.60. The maximum Gasteiger partial charge on any atom is 0.338 e. The lowest BCUT2D eigenvalue weighted by Crippen LogP contribution is -2.15. The molecule has 27 heavy (non-hydrogen) atoms. The minimum atomic E-state index is -0.705. The Balaban J connectivity index is 1.56. The van der Waals surface area contributed by atoms with Crippen LogP contribution in [0.5, 0.6) is 0 Å². The summed E-state index contributed by atoms with van der Waals surface area (Å²) in [5, 5.41) is 2.61. The fourth-order valence-corrected chi connectivity index (χ4v) is 2.25. The highest BCUT2D eigenvalue weighted by atomic mass is 19.1. The van der Waals surface area contributed by atoms with E-state index in [2.05, 4.69) is 5.32 Å². The minimum absolute atomic E-state index is 0.124. The molecule has 1 N–H and O–H groups in total. The molecule has 7 heteroatoms. The molecule has 1 aromatic heterocycles. The van der Waals surface area contributed by atoms with Gasteiger partial charge in [-0.3, -0.25) is 9.59 Å². The fourth-order valence-electron chi connectivity index (χ4n) is 2.25. The smallest absolute Gasteiger partial charge is 0.338 e. The van der Waals surface area contributed by atoms with Crippen molar-refractivity contribution in [3.63, 3.8) is 0 Å². The maximum atomic E-state index is 13.1. The highest BCUT2D eigenvalue weighted by Crippen LogP contribution is 2.13. The van der Waals surface area contributed by atoms with E-state index in [1.165, 1.54) is 54.8 Å². The number of Topliss-reactive ketones (excluding diaryl/α,β-unsaturated/α-hetero) is 1. The molecule has 1 amide bonds. The lowest BCUT2D eigenvalue weighted by atomic mass is 10.1. The normalized spacial score (nSPS) is 10.3. The summed E-state index contributed by atoms with van der Waals surface area (Å²) in [5.74, 6) is -2.02. The van der Waals surface area contributed by atoms with Crippen molar-refractivity contribution in [3.8, 4) is 0 Å². The third kappa shape index (κ3) is 4.66. The molecule has 0 saturated carbocycles. The number of halogens is 1. The van der Waals surface area contributed by atoms with Gasteiger partial charge in [0.1, 0.15) is 5.82 Å². The molecule has 2 aromatic carbocycles. The molecule has 136 valence electrons. The van der Waals surface area contributed by atoms with Crippen LogP contribution in [-0.4, -0.2) is 24.3 Å². The van der Waals surface area contributed by atoms with Crippen LogP contribution in [0, 0.1) is 5.82 Å². The number of carbonyl (C=O) groups is 3. The van der Waals surface area contributed by atoms with Gasteiger partial charge in [0.05, 0.1) is 11.8 Å². The molecule has 0 saturated heterocycles. The Hall–Kier alpha value is -3.74. The number of nitrogens with one attached hydrogen (secondary N) is 1. The van der Waals surface area contributed by atoms with E-state index in [0.29, 0.717) is 5.69 Å². The summed E-state index contributed by atoms with van der Waals surface area (Å²) in [7, 11) is 0. The number of carbonyl (C=O) groups excluding carboxylic acids is 3. The van der Waals surface area contributed by atoms with Crippen molar-refractivity contribution >= 4 is 23.3 Å². The molecule has 0 bridgehead atoms. The van der Waals surface area contributed by atoms with E-state index in [4.69, 9.17) is 9.15 Å². The molecule has 0 aliphatic heterocycles. The Labute approximate surface area is 153 Å². The standard InChI is InChI=1S/C20H14FNO5/c21-15-4-1-3-14(11-15)17(23)12-27-20(25)13-6-8-16(9-7-13)22-19(24)18-5-2-10-26-18/h1-11H,12H2,(H,22,24). The second-order valence-electron chi connectivity index (χ2n) is 5.52. The zero-order chi connectivity index (χ0) is 19.2. The maximum absolute atomic E-state index is 13.1. The van der Waals surface area contributed by atoms with Crippen LogP contribution in [-0.2, 0) is 4.74 Å². The van der Waals surface area contributed by atoms with Crippen LogP contribution in [0.15, 0.2) is 71.3 Å². The van der Waals surface area contributed by atoms with Crippen molar-refractivity contribution in [1.29, 1.82) is 0 Å². The Morgan fingerprint density at radius 3 is 2.41 bits per heavy atom. The molecule has 0 atom stereocenters. The molecule has 1 heterocycles. The van der Waals surface area contributed by atoms with Crippen molar-refractivity contribution < 1.29 is 27.9 Å². The van der Waals surface area contributed by atoms with Gasteiger partial charge in [0.15, 0.2) is 18.2 Å². The fraction of sp³-hybridized carbons (Fsp3) is 0.0500. The van der Waals surface area contributed by atoms with Crippen LogP contribution in [0.4, 0.5) is 10.1 Å². The third-order valence-electron chi connectivity index (χ3n) is 3.60. The van der Waals surface area contributed by atoms with Gasteiger partial charge in [0.2, 0.25) is 0 Å². The number of furan rings is 1. The van der Waals surface area contributed by atoms with Gasteiger partial charge in [-0.05, 0) is 48.5 Å². The van der Waals surface area contributed by atoms with Gasteiger partial charge in [0.25, 0.3) is 5.91 Å². The SMILES string of the molecule is O=C(COC(=O)c1ccc(NC(=O)c2ccco2)cc1)c1cccc(F)c1. The second kappa shape index (κ2) is 8.09. The van der Waals surface area contributed by atoms with Gasteiger partial charge < -0.3 is 14.5 Å². The highest BCUT2D eigenvalue weighted by molar-refractivity contribution is 6.02. The largest absolute Gasteiger partial charge is 0.459 e. The van der Waals surface area contributed by atoms with E-state index in [1.807, 2.05) is 0 Å². The molecule has 0 unspecified atom stereocenters. The predicted octanol–water partition coefficient (Wildman–Crippen LogP) is 3.71. The molecule has 0 aliphatic rings. The molecular weight excluding hydrogens is 353 g/mol. The number of ether oxygens (including phenoxy) is 1. The monoisotopic (exact) mass is 367 g/mol. The molecule has 0 aliphatic carbocycles. The lowest BCUT2D eigenvalue weighted by Gasteiger charge is -2.06. The Morgan fingerprint density at radius 2 is 1.74 bits per heavy atom. The second-order valence-corrected chi connectivity index (χ2v) is 5.52. The van der Waals surface area contributed by atoms with Crippen LogP contribution >= 0.6 is 0 Å². The molecular formula is C20H14FNO5. The van der Waals surface area contributed by atoms with Gasteiger partial charge in [-0.25, -0.2) is 9.18 Å². The Kier molecular flexibility index (Phi) is 5.41. The van der Waals surface area contributed by atoms with Gasteiger partial charge in [-0.1, -0.05) is 12.1 Å². The number of benzene rings is 2. The number of ketones is 1. The molecule has 3 aromatic rings.